The van der Waals surface area contributed by atoms with E-state index in [0.29, 0.717) is 5.56 Å². The average Bonchev–Trinajstić information content (AvgIpc) is 2.69. The first-order valence-corrected chi connectivity index (χ1v) is 8.27. The molecule has 0 aromatic heterocycles. The highest BCUT2D eigenvalue weighted by Crippen LogP contribution is 2.29. The Bertz CT molecular complexity index is 865. The predicted molar refractivity (Wildman–Crippen MR) is 93.0 cm³/mol. The fourth-order valence-corrected chi connectivity index (χ4v) is 2.12. The molecular formula is C19H16F4N2O4. The fraction of sp³-hybridized carbons (Fsp3) is 0.211. The van der Waals surface area contributed by atoms with Crippen LogP contribution in [0, 0.1) is 5.82 Å². The molecule has 154 valence electrons. The number of benzene rings is 2. The molecule has 2 N–H and O–H groups in total. The number of rotatable bonds is 7. The van der Waals surface area contributed by atoms with E-state index in [1.165, 1.54) is 24.3 Å². The maximum absolute atomic E-state index is 12.8. The molecule has 0 aliphatic rings. The molecule has 0 heterocycles. The zero-order valence-electron chi connectivity index (χ0n) is 14.9. The van der Waals surface area contributed by atoms with Gasteiger partial charge in [-0.2, -0.15) is 13.2 Å². The number of halogens is 4. The number of carbonyl (C=O) groups is 3. The number of esters is 1. The highest BCUT2D eigenvalue weighted by atomic mass is 19.4. The smallest absolute Gasteiger partial charge is 0.416 e. The zero-order valence-corrected chi connectivity index (χ0v) is 14.9. The summed E-state index contributed by atoms with van der Waals surface area (Å²) in [5.74, 6) is -2.68. The molecule has 2 rings (SSSR count). The van der Waals surface area contributed by atoms with Crippen molar-refractivity contribution < 1.29 is 36.7 Å². The molecule has 0 atom stereocenters. The van der Waals surface area contributed by atoms with Crippen LogP contribution in [0.25, 0.3) is 0 Å². The third-order valence-corrected chi connectivity index (χ3v) is 3.63. The van der Waals surface area contributed by atoms with Crippen molar-refractivity contribution in [3.63, 3.8) is 0 Å². The molecule has 6 nitrogen and oxygen atoms in total. The highest BCUT2D eigenvalue weighted by Gasteiger charge is 2.30. The molecular weight excluding hydrogens is 396 g/mol. The van der Waals surface area contributed by atoms with Crippen LogP contribution in [0.1, 0.15) is 21.5 Å². The summed E-state index contributed by atoms with van der Waals surface area (Å²) in [6, 6.07) is 8.90. The summed E-state index contributed by atoms with van der Waals surface area (Å²) < 4.78 is 54.9. The molecule has 0 aliphatic carbocycles. The summed E-state index contributed by atoms with van der Waals surface area (Å²) in [5, 5.41) is 4.65. The maximum Gasteiger partial charge on any atom is 0.416 e. The predicted octanol–water partition coefficient (Wildman–Crippen LogP) is 2.43. The fourth-order valence-electron chi connectivity index (χ4n) is 2.12. The van der Waals surface area contributed by atoms with Gasteiger partial charge in [-0.15, -0.1) is 0 Å². The van der Waals surface area contributed by atoms with Gasteiger partial charge in [0, 0.05) is 12.1 Å². The average molecular weight is 412 g/mol. The molecule has 0 bridgehead atoms. The quantitative estimate of drug-likeness (QED) is 0.541. The Morgan fingerprint density at radius 1 is 0.897 bits per heavy atom. The Morgan fingerprint density at radius 2 is 1.52 bits per heavy atom. The maximum atomic E-state index is 12.8. The molecule has 0 saturated heterocycles. The van der Waals surface area contributed by atoms with E-state index in [4.69, 9.17) is 0 Å². The lowest BCUT2D eigenvalue weighted by molar-refractivity contribution is -0.147. The van der Waals surface area contributed by atoms with Crippen LogP contribution in [0.5, 0.6) is 0 Å². The second-order valence-electron chi connectivity index (χ2n) is 5.82. The summed E-state index contributed by atoms with van der Waals surface area (Å²) in [4.78, 5) is 35.0. The third-order valence-electron chi connectivity index (χ3n) is 3.63. The van der Waals surface area contributed by atoms with Gasteiger partial charge in [0.25, 0.3) is 11.8 Å². The van der Waals surface area contributed by atoms with Crippen LogP contribution in [-0.2, 0) is 27.0 Å². The number of amides is 2. The van der Waals surface area contributed by atoms with E-state index >= 15 is 0 Å². The lowest BCUT2D eigenvalue weighted by Crippen LogP contribution is -2.33. The van der Waals surface area contributed by atoms with Gasteiger partial charge in [-0.25, -0.2) is 4.39 Å². The standard InChI is InChI=1S/C19H16F4N2O4/c20-15-7-1-12(2-8-15)9-24-16(26)11-29-17(27)10-25-18(28)13-3-5-14(6-4-13)19(21,22)23/h1-8H,9-11H2,(H,24,26)(H,25,28). The minimum Gasteiger partial charge on any atom is -0.454 e. The first-order valence-electron chi connectivity index (χ1n) is 8.27. The highest BCUT2D eigenvalue weighted by molar-refractivity contribution is 5.96. The second-order valence-corrected chi connectivity index (χ2v) is 5.82. The van der Waals surface area contributed by atoms with E-state index in [1.54, 1.807) is 0 Å². The molecule has 0 unspecified atom stereocenters. The number of ether oxygens (including phenoxy) is 1. The minimum atomic E-state index is -4.52. The number of carbonyl (C=O) groups excluding carboxylic acids is 3. The molecule has 2 aromatic rings. The van der Waals surface area contributed by atoms with Gasteiger partial charge in [-0.1, -0.05) is 12.1 Å². The van der Waals surface area contributed by atoms with Crippen LogP contribution in [0.3, 0.4) is 0 Å². The van der Waals surface area contributed by atoms with Crippen LogP contribution in [0.15, 0.2) is 48.5 Å². The van der Waals surface area contributed by atoms with Gasteiger partial charge < -0.3 is 15.4 Å². The summed E-state index contributed by atoms with van der Waals surface area (Å²) in [7, 11) is 0. The molecule has 2 aromatic carbocycles. The first-order chi connectivity index (χ1) is 13.6. The Hall–Kier alpha value is -3.43. The van der Waals surface area contributed by atoms with Crippen molar-refractivity contribution in [2.75, 3.05) is 13.2 Å². The lowest BCUT2D eigenvalue weighted by atomic mass is 10.1. The first kappa shape index (κ1) is 21.9. The Labute approximate surface area is 162 Å². The Morgan fingerprint density at radius 3 is 2.10 bits per heavy atom. The Balaban J connectivity index is 1.70. The monoisotopic (exact) mass is 412 g/mol. The van der Waals surface area contributed by atoms with E-state index in [1.807, 2.05) is 0 Å². The molecule has 0 spiro atoms. The molecule has 0 aliphatic heterocycles. The molecule has 0 saturated carbocycles. The zero-order chi connectivity index (χ0) is 21.4. The van der Waals surface area contributed by atoms with Crippen molar-refractivity contribution >= 4 is 17.8 Å². The van der Waals surface area contributed by atoms with Gasteiger partial charge in [0.2, 0.25) is 0 Å². The van der Waals surface area contributed by atoms with Crippen LogP contribution in [-0.4, -0.2) is 30.9 Å². The van der Waals surface area contributed by atoms with Gasteiger partial charge in [0.1, 0.15) is 12.4 Å². The van der Waals surface area contributed by atoms with Crippen molar-refractivity contribution in [1.29, 1.82) is 0 Å². The van der Waals surface area contributed by atoms with E-state index in [2.05, 4.69) is 15.4 Å². The molecule has 10 heteroatoms. The molecule has 29 heavy (non-hydrogen) atoms. The van der Waals surface area contributed by atoms with Crippen LogP contribution in [0.2, 0.25) is 0 Å². The van der Waals surface area contributed by atoms with Gasteiger partial charge in [-0.3, -0.25) is 14.4 Å². The summed E-state index contributed by atoms with van der Waals surface area (Å²) >= 11 is 0. The summed E-state index contributed by atoms with van der Waals surface area (Å²) in [6.07, 6.45) is -4.52. The van der Waals surface area contributed by atoms with E-state index in [0.717, 1.165) is 24.3 Å². The number of hydrogen-bond donors (Lipinski definition) is 2. The number of hydrogen-bond acceptors (Lipinski definition) is 4. The lowest BCUT2D eigenvalue weighted by Gasteiger charge is -2.09. The largest absolute Gasteiger partial charge is 0.454 e. The van der Waals surface area contributed by atoms with Crippen LogP contribution in [0.4, 0.5) is 17.6 Å². The number of alkyl halides is 3. The Kier molecular flexibility index (Phi) is 7.29. The molecule has 0 radical (unpaired) electrons. The van der Waals surface area contributed by atoms with Crippen molar-refractivity contribution in [2.45, 2.75) is 12.7 Å². The minimum absolute atomic E-state index is 0.0668. The van der Waals surface area contributed by atoms with Crippen molar-refractivity contribution in [3.8, 4) is 0 Å². The van der Waals surface area contributed by atoms with Gasteiger partial charge in [0.15, 0.2) is 6.61 Å². The van der Waals surface area contributed by atoms with Crippen molar-refractivity contribution in [1.82, 2.24) is 10.6 Å². The topological polar surface area (TPSA) is 84.5 Å². The summed E-state index contributed by atoms with van der Waals surface area (Å²) in [5.41, 5.74) is -0.321. The summed E-state index contributed by atoms with van der Waals surface area (Å²) in [6.45, 7) is -1.04. The molecule has 2 amide bonds. The van der Waals surface area contributed by atoms with Gasteiger partial charge >= 0.3 is 12.1 Å². The normalized spacial score (nSPS) is 10.9. The van der Waals surface area contributed by atoms with Crippen molar-refractivity contribution in [2.24, 2.45) is 0 Å². The van der Waals surface area contributed by atoms with E-state index < -0.39 is 48.5 Å². The van der Waals surface area contributed by atoms with Crippen LogP contribution < -0.4 is 10.6 Å². The van der Waals surface area contributed by atoms with Crippen molar-refractivity contribution in [3.05, 3.63) is 71.0 Å². The number of nitrogens with one attached hydrogen (secondary N) is 2. The van der Waals surface area contributed by atoms with Crippen LogP contribution >= 0.6 is 0 Å². The van der Waals surface area contributed by atoms with E-state index in [9.17, 15) is 31.9 Å². The SMILES string of the molecule is O=C(COC(=O)CNC(=O)c1ccc(C(F)(F)F)cc1)NCc1ccc(F)cc1. The van der Waals surface area contributed by atoms with Gasteiger partial charge in [-0.05, 0) is 42.0 Å². The van der Waals surface area contributed by atoms with Gasteiger partial charge in [0.05, 0.1) is 5.56 Å². The third kappa shape index (κ3) is 7.24. The van der Waals surface area contributed by atoms with E-state index in [-0.39, 0.29) is 12.1 Å². The second kappa shape index (κ2) is 9.67. The molecule has 0 fully saturated rings.